The molecule has 4 heterocycles. The number of benzene rings is 1. The van der Waals surface area contributed by atoms with Crippen LogP contribution in [0.1, 0.15) is 61.5 Å². The zero-order chi connectivity index (χ0) is 20.9. The van der Waals surface area contributed by atoms with E-state index in [2.05, 4.69) is 40.1 Å². The first-order chi connectivity index (χ1) is 15.2. The first kappa shape index (κ1) is 19.0. The van der Waals surface area contributed by atoms with Crippen molar-refractivity contribution in [2.24, 2.45) is 5.92 Å². The second-order valence-electron chi connectivity index (χ2n) is 9.50. The molecule has 0 unspecified atom stereocenters. The van der Waals surface area contributed by atoms with Crippen molar-refractivity contribution in [3.63, 3.8) is 0 Å². The van der Waals surface area contributed by atoms with Gasteiger partial charge >= 0.3 is 0 Å². The summed E-state index contributed by atoms with van der Waals surface area (Å²) >= 11 is 0. The van der Waals surface area contributed by atoms with Gasteiger partial charge in [0.1, 0.15) is 17.0 Å². The Balaban J connectivity index is 1.28. The van der Waals surface area contributed by atoms with Crippen molar-refractivity contribution >= 4 is 11.0 Å². The molecule has 2 atom stereocenters. The Kier molecular flexibility index (Phi) is 4.60. The summed E-state index contributed by atoms with van der Waals surface area (Å²) in [6.07, 6.45) is 7.38. The van der Waals surface area contributed by atoms with E-state index in [0.29, 0.717) is 17.3 Å². The van der Waals surface area contributed by atoms with Gasteiger partial charge in [0.05, 0.1) is 18.8 Å². The summed E-state index contributed by atoms with van der Waals surface area (Å²) < 4.78 is 7.90. The summed E-state index contributed by atoms with van der Waals surface area (Å²) in [4.78, 5) is 23.3. The molecule has 3 aromatic rings. The maximum atomic E-state index is 12.8. The molecule has 162 valence electrons. The number of likely N-dealkylation sites (tertiary alicyclic amines) is 1. The fourth-order valence-corrected chi connectivity index (χ4v) is 5.75. The minimum Gasteiger partial charge on any atom is -0.493 e. The average Bonchev–Trinajstić information content (AvgIpc) is 3.54. The minimum absolute atomic E-state index is 0.0656. The zero-order valence-electron chi connectivity index (χ0n) is 18.0. The van der Waals surface area contributed by atoms with Gasteiger partial charge in [-0.2, -0.15) is 5.10 Å². The summed E-state index contributed by atoms with van der Waals surface area (Å²) in [7, 11) is 0. The number of hydrogen-bond donors (Lipinski definition) is 1. The van der Waals surface area contributed by atoms with Crippen LogP contribution in [0.5, 0.6) is 5.75 Å². The number of aromatic nitrogens is 4. The SMILES string of the molecule is C[C@@H]1CN(Cc2cccc3c2OCC3)C[C@H]1c1nc2c(cnn2C2CCCC2)c(=O)[nH]1. The van der Waals surface area contributed by atoms with Crippen LogP contribution in [-0.4, -0.2) is 44.3 Å². The lowest BCUT2D eigenvalue weighted by atomic mass is 9.97. The van der Waals surface area contributed by atoms with E-state index in [1.54, 1.807) is 6.20 Å². The van der Waals surface area contributed by atoms with Gasteiger partial charge in [-0.3, -0.25) is 9.69 Å². The molecule has 31 heavy (non-hydrogen) atoms. The van der Waals surface area contributed by atoms with Gasteiger partial charge in [0.2, 0.25) is 0 Å². The monoisotopic (exact) mass is 419 g/mol. The number of H-pyrrole nitrogens is 1. The van der Waals surface area contributed by atoms with Crippen LogP contribution < -0.4 is 10.3 Å². The van der Waals surface area contributed by atoms with Crippen LogP contribution in [0.25, 0.3) is 11.0 Å². The molecule has 0 bridgehead atoms. The molecule has 1 saturated carbocycles. The maximum absolute atomic E-state index is 12.8. The highest BCUT2D eigenvalue weighted by molar-refractivity contribution is 5.73. The van der Waals surface area contributed by atoms with Crippen LogP contribution in [0.4, 0.5) is 0 Å². The molecule has 3 aliphatic rings. The van der Waals surface area contributed by atoms with E-state index in [4.69, 9.17) is 9.72 Å². The molecular formula is C24H29N5O2. The molecule has 2 aromatic heterocycles. The number of hydrogen-bond acceptors (Lipinski definition) is 5. The molecule has 0 spiro atoms. The molecule has 0 amide bonds. The number of rotatable bonds is 4. The highest BCUT2D eigenvalue weighted by Crippen LogP contribution is 2.36. The van der Waals surface area contributed by atoms with Crippen molar-refractivity contribution in [3.05, 3.63) is 51.7 Å². The number of ether oxygens (including phenoxy) is 1. The van der Waals surface area contributed by atoms with E-state index >= 15 is 0 Å². The van der Waals surface area contributed by atoms with Gasteiger partial charge in [-0.15, -0.1) is 0 Å². The average molecular weight is 420 g/mol. The van der Waals surface area contributed by atoms with E-state index < -0.39 is 0 Å². The van der Waals surface area contributed by atoms with Crippen LogP contribution >= 0.6 is 0 Å². The summed E-state index contributed by atoms with van der Waals surface area (Å²) in [5.41, 5.74) is 3.27. The lowest BCUT2D eigenvalue weighted by molar-refractivity contribution is 0.304. The molecule has 2 fully saturated rings. The smallest absolute Gasteiger partial charge is 0.262 e. The third-order valence-electron chi connectivity index (χ3n) is 7.38. The van der Waals surface area contributed by atoms with Gasteiger partial charge in [0.25, 0.3) is 5.56 Å². The standard InChI is InChI=1S/C24H29N5O2/c1-15-12-28(13-17-6-4-5-16-9-10-31-21(16)17)14-20(15)22-26-23-19(24(30)27-22)11-25-29(23)18-7-2-3-8-18/h4-6,11,15,18,20H,2-3,7-10,12-14H2,1H3,(H,26,27,30)/t15-,20-/m1/s1. The van der Waals surface area contributed by atoms with Crippen LogP contribution in [0.15, 0.2) is 29.2 Å². The van der Waals surface area contributed by atoms with Crippen LogP contribution in [0, 0.1) is 5.92 Å². The van der Waals surface area contributed by atoms with Gasteiger partial charge in [-0.25, -0.2) is 9.67 Å². The molecular weight excluding hydrogens is 390 g/mol. The normalized spacial score (nSPS) is 24.2. The number of nitrogens with one attached hydrogen (secondary N) is 1. The Bertz CT molecular complexity index is 1180. The van der Waals surface area contributed by atoms with Crippen molar-refractivity contribution in [2.75, 3.05) is 19.7 Å². The van der Waals surface area contributed by atoms with Crippen molar-refractivity contribution in [1.29, 1.82) is 0 Å². The lowest BCUT2D eigenvalue weighted by Gasteiger charge is -2.18. The third kappa shape index (κ3) is 3.26. The molecule has 6 rings (SSSR count). The van der Waals surface area contributed by atoms with E-state index in [1.807, 2.05) is 4.68 Å². The molecule has 1 aromatic carbocycles. The summed E-state index contributed by atoms with van der Waals surface area (Å²) in [6.45, 7) is 5.78. The second kappa shape index (κ2) is 7.48. The molecule has 2 aliphatic heterocycles. The van der Waals surface area contributed by atoms with E-state index in [-0.39, 0.29) is 11.5 Å². The van der Waals surface area contributed by atoms with E-state index in [9.17, 15) is 4.79 Å². The van der Waals surface area contributed by atoms with Crippen molar-refractivity contribution in [2.45, 2.75) is 57.5 Å². The number of fused-ring (bicyclic) bond motifs is 2. The molecule has 1 aliphatic carbocycles. The molecule has 0 radical (unpaired) electrons. The summed E-state index contributed by atoms with van der Waals surface area (Å²) in [5, 5.41) is 5.15. The van der Waals surface area contributed by atoms with Crippen LogP contribution in [-0.2, 0) is 13.0 Å². The van der Waals surface area contributed by atoms with E-state index in [1.165, 1.54) is 24.0 Å². The van der Waals surface area contributed by atoms with Crippen molar-refractivity contribution < 1.29 is 4.74 Å². The predicted octanol–water partition coefficient (Wildman–Crippen LogP) is 3.41. The lowest BCUT2D eigenvalue weighted by Crippen LogP contribution is -2.22. The summed E-state index contributed by atoms with van der Waals surface area (Å²) in [6, 6.07) is 6.85. The summed E-state index contributed by atoms with van der Waals surface area (Å²) in [5.74, 6) is 2.51. The third-order valence-corrected chi connectivity index (χ3v) is 7.38. The topological polar surface area (TPSA) is 76.0 Å². The fourth-order valence-electron chi connectivity index (χ4n) is 5.75. The first-order valence-corrected chi connectivity index (χ1v) is 11.6. The van der Waals surface area contributed by atoms with E-state index in [0.717, 1.165) is 62.7 Å². The highest BCUT2D eigenvalue weighted by atomic mass is 16.5. The Morgan fingerprint density at radius 2 is 2.10 bits per heavy atom. The highest BCUT2D eigenvalue weighted by Gasteiger charge is 2.34. The zero-order valence-corrected chi connectivity index (χ0v) is 18.0. The molecule has 7 nitrogen and oxygen atoms in total. The fraction of sp³-hybridized carbons (Fsp3) is 0.542. The Morgan fingerprint density at radius 1 is 1.23 bits per heavy atom. The van der Waals surface area contributed by atoms with Gasteiger partial charge in [0, 0.05) is 37.5 Å². The molecule has 1 N–H and O–H groups in total. The quantitative estimate of drug-likeness (QED) is 0.701. The minimum atomic E-state index is -0.0656. The molecule has 7 heteroatoms. The van der Waals surface area contributed by atoms with Crippen molar-refractivity contribution in [3.8, 4) is 5.75 Å². The van der Waals surface area contributed by atoms with Gasteiger partial charge < -0.3 is 9.72 Å². The Hall–Kier alpha value is -2.67. The van der Waals surface area contributed by atoms with Crippen LogP contribution in [0.2, 0.25) is 0 Å². The Morgan fingerprint density at radius 3 is 2.97 bits per heavy atom. The second-order valence-corrected chi connectivity index (χ2v) is 9.50. The van der Waals surface area contributed by atoms with Crippen LogP contribution in [0.3, 0.4) is 0 Å². The Labute approximate surface area is 181 Å². The maximum Gasteiger partial charge on any atom is 0.262 e. The molecule has 1 saturated heterocycles. The van der Waals surface area contributed by atoms with Gasteiger partial charge in [-0.1, -0.05) is 38.0 Å². The first-order valence-electron chi connectivity index (χ1n) is 11.6. The number of aromatic amines is 1. The van der Waals surface area contributed by atoms with Gasteiger partial charge in [-0.05, 0) is 24.3 Å². The number of nitrogens with zero attached hydrogens (tertiary/aromatic N) is 4. The predicted molar refractivity (Wildman–Crippen MR) is 118 cm³/mol. The number of para-hydroxylation sites is 1. The van der Waals surface area contributed by atoms with Crippen molar-refractivity contribution in [1.82, 2.24) is 24.6 Å². The largest absolute Gasteiger partial charge is 0.493 e. The van der Waals surface area contributed by atoms with Gasteiger partial charge in [0.15, 0.2) is 5.65 Å².